The minimum Gasteiger partial charge on any atom is -0.339 e. The number of nitrogens with one attached hydrogen (secondary N) is 1. The molecule has 0 spiro atoms. The van der Waals surface area contributed by atoms with Gasteiger partial charge in [-0.15, -0.1) is 0 Å². The van der Waals surface area contributed by atoms with E-state index in [2.05, 4.69) is 5.32 Å². The van der Waals surface area contributed by atoms with Crippen molar-refractivity contribution in [1.29, 1.82) is 0 Å². The summed E-state index contributed by atoms with van der Waals surface area (Å²) < 4.78 is 0. The first-order valence-electron chi connectivity index (χ1n) is 7.46. The number of nitro groups is 1. The quantitative estimate of drug-likeness (QED) is 0.611. The maximum atomic E-state index is 12.1. The molecule has 22 heavy (non-hydrogen) atoms. The maximum Gasteiger partial charge on any atom is 0.269 e. The second kappa shape index (κ2) is 7.86. The molecule has 1 fully saturated rings. The normalized spacial score (nSPS) is 15.1. The van der Waals surface area contributed by atoms with Crippen LogP contribution in [0.3, 0.4) is 0 Å². The molecule has 0 saturated carbocycles. The fourth-order valence-electron chi connectivity index (χ4n) is 2.43. The molecule has 1 saturated heterocycles. The molecule has 0 atom stereocenters. The van der Waals surface area contributed by atoms with E-state index in [9.17, 15) is 14.9 Å². The summed E-state index contributed by atoms with van der Waals surface area (Å²) in [4.78, 5) is 26.2. The summed E-state index contributed by atoms with van der Waals surface area (Å²) in [6.07, 6.45) is 0.767. The summed E-state index contributed by atoms with van der Waals surface area (Å²) in [6.45, 7) is 4.42. The zero-order chi connectivity index (χ0) is 15.9. The van der Waals surface area contributed by atoms with E-state index in [-0.39, 0.29) is 11.6 Å². The van der Waals surface area contributed by atoms with Gasteiger partial charge in [0.2, 0.25) is 5.91 Å². The third-order valence-electron chi connectivity index (χ3n) is 3.80. The Balaban J connectivity index is 1.75. The van der Waals surface area contributed by atoms with Gasteiger partial charge in [-0.05, 0) is 19.0 Å². The lowest BCUT2D eigenvalue weighted by Gasteiger charge is -2.29. The van der Waals surface area contributed by atoms with Crippen molar-refractivity contribution in [1.82, 2.24) is 15.1 Å². The topological polar surface area (TPSA) is 78.7 Å². The highest BCUT2D eigenvalue weighted by Gasteiger charge is 2.17. The lowest BCUT2D eigenvalue weighted by Crippen LogP contribution is -2.49. The first-order chi connectivity index (χ1) is 10.6. The highest BCUT2D eigenvalue weighted by Crippen LogP contribution is 2.12. The number of hydrogen-bond donors (Lipinski definition) is 1. The van der Waals surface area contributed by atoms with Crippen molar-refractivity contribution < 1.29 is 9.72 Å². The van der Waals surface area contributed by atoms with Crippen LogP contribution < -0.4 is 5.32 Å². The van der Waals surface area contributed by atoms with E-state index >= 15 is 0 Å². The molecule has 1 amide bonds. The molecule has 1 aliphatic heterocycles. The zero-order valence-corrected chi connectivity index (χ0v) is 12.8. The van der Waals surface area contributed by atoms with Gasteiger partial charge in [0.1, 0.15) is 0 Å². The summed E-state index contributed by atoms with van der Waals surface area (Å²) in [5.74, 6) is 0.160. The van der Waals surface area contributed by atoms with Crippen molar-refractivity contribution >= 4 is 11.6 Å². The molecule has 0 aliphatic carbocycles. The van der Waals surface area contributed by atoms with Crippen molar-refractivity contribution in [3.8, 4) is 0 Å². The number of carbonyl (C=O) groups excluding carboxylic acids is 1. The van der Waals surface area contributed by atoms with Gasteiger partial charge in [0.25, 0.3) is 5.69 Å². The van der Waals surface area contributed by atoms with Crippen LogP contribution in [0.15, 0.2) is 24.3 Å². The summed E-state index contributed by atoms with van der Waals surface area (Å²) in [6, 6.07) is 6.57. The van der Waals surface area contributed by atoms with Crippen molar-refractivity contribution in [3.63, 3.8) is 0 Å². The lowest BCUT2D eigenvalue weighted by molar-refractivity contribution is -0.384. The smallest absolute Gasteiger partial charge is 0.269 e. The summed E-state index contributed by atoms with van der Waals surface area (Å²) in [5, 5.41) is 13.8. The molecule has 2 rings (SSSR count). The molecule has 0 bridgehead atoms. The molecule has 1 aliphatic rings. The Morgan fingerprint density at radius 2 is 1.95 bits per heavy atom. The van der Waals surface area contributed by atoms with Gasteiger partial charge in [-0.1, -0.05) is 12.1 Å². The average Bonchev–Trinajstić information content (AvgIpc) is 2.54. The standard InChI is InChI=1S/C15H22N4O3/c1-17(12-15(20)18-10-7-16-8-11-18)9-6-13-2-4-14(5-3-13)19(21)22/h2-5,16H,6-12H2,1H3. The number of nitrogens with zero attached hydrogens (tertiary/aromatic N) is 3. The number of likely N-dealkylation sites (N-methyl/N-ethyl adjacent to an activating group) is 1. The molecule has 1 N–H and O–H groups in total. The number of piperazine rings is 1. The fourth-order valence-corrected chi connectivity index (χ4v) is 2.43. The summed E-state index contributed by atoms with van der Waals surface area (Å²) in [7, 11) is 1.92. The number of carbonyl (C=O) groups is 1. The van der Waals surface area contributed by atoms with Crippen LogP contribution in [-0.2, 0) is 11.2 Å². The van der Waals surface area contributed by atoms with E-state index in [0.29, 0.717) is 6.54 Å². The van der Waals surface area contributed by atoms with Gasteiger partial charge >= 0.3 is 0 Å². The van der Waals surface area contributed by atoms with Gasteiger partial charge in [-0.2, -0.15) is 0 Å². The molecule has 0 unspecified atom stereocenters. The van der Waals surface area contributed by atoms with Gasteiger partial charge in [0, 0.05) is 44.9 Å². The van der Waals surface area contributed by atoms with E-state index < -0.39 is 4.92 Å². The lowest BCUT2D eigenvalue weighted by atomic mass is 10.1. The van der Waals surface area contributed by atoms with Gasteiger partial charge in [-0.25, -0.2) is 0 Å². The first-order valence-corrected chi connectivity index (χ1v) is 7.46. The molecular formula is C15H22N4O3. The number of hydrogen-bond acceptors (Lipinski definition) is 5. The number of amides is 1. The second-order valence-electron chi connectivity index (χ2n) is 5.54. The summed E-state index contributed by atoms with van der Waals surface area (Å²) in [5.41, 5.74) is 1.14. The van der Waals surface area contributed by atoms with E-state index in [1.165, 1.54) is 12.1 Å². The Bertz CT molecular complexity index is 512. The average molecular weight is 306 g/mol. The Morgan fingerprint density at radius 3 is 2.55 bits per heavy atom. The van der Waals surface area contributed by atoms with Crippen molar-refractivity contribution in [2.75, 3.05) is 46.3 Å². The van der Waals surface area contributed by atoms with Crippen LogP contribution in [0.25, 0.3) is 0 Å². The fraction of sp³-hybridized carbons (Fsp3) is 0.533. The minimum absolute atomic E-state index is 0.103. The van der Waals surface area contributed by atoms with Crippen molar-refractivity contribution in [2.24, 2.45) is 0 Å². The van der Waals surface area contributed by atoms with Crippen LogP contribution in [0.5, 0.6) is 0 Å². The number of non-ortho nitro benzene ring substituents is 1. The molecular weight excluding hydrogens is 284 g/mol. The van der Waals surface area contributed by atoms with Crippen LogP contribution >= 0.6 is 0 Å². The number of benzene rings is 1. The van der Waals surface area contributed by atoms with Crippen LogP contribution in [0, 0.1) is 10.1 Å². The minimum atomic E-state index is -0.401. The highest BCUT2D eigenvalue weighted by atomic mass is 16.6. The molecule has 1 aromatic rings. The van der Waals surface area contributed by atoms with Crippen LogP contribution in [0.2, 0.25) is 0 Å². The number of rotatable bonds is 6. The van der Waals surface area contributed by atoms with Crippen LogP contribution in [0.1, 0.15) is 5.56 Å². The molecule has 1 heterocycles. The first kappa shape index (κ1) is 16.4. The van der Waals surface area contributed by atoms with E-state index in [0.717, 1.165) is 44.7 Å². The maximum absolute atomic E-state index is 12.1. The molecule has 7 heteroatoms. The Hall–Kier alpha value is -1.99. The van der Waals surface area contributed by atoms with Gasteiger partial charge in [0.05, 0.1) is 11.5 Å². The summed E-state index contributed by atoms with van der Waals surface area (Å²) >= 11 is 0. The molecule has 120 valence electrons. The molecule has 1 aromatic carbocycles. The third-order valence-corrected chi connectivity index (χ3v) is 3.80. The van der Waals surface area contributed by atoms with E-state index in [1.807, 2.05) is 16.8 Å². The zero-order valence-electron chi connectivity index (χ0n) is 12.8. The predicted molar refractivity (Wildman–Crippen MR) is 83.7 cm³/mol. The highest BCUT2D eigenvalue weighted by molar-refractivity contribution is 5.78. The van der Waals surface area contributed by atoms with Crippen LogP contribution in [0.4, 0.5) is 5.69 Å². The largest absolute Gasteiger partial charge is 0.339 e. The third kappa shape index (κ3) is 4.78. The molecule has 0 aromatic heterocycles. The Labute approximate surface area is 130 Å². The molecule has 0 radical (unpaired) electrons. The van der Waals surface area contributed by atoms with E-state index in [4.69, 9.17) is 0 Å². The number of nitro benzene ring substituents is 1. The van der Waals surface area contributed by atoms with Gasteiger partial charge in [0.15, 0.2) is 0 Å². The van der Waals surface area contributed by atoms with Gasteiger partial charge in [-0.3, -0.25) is 19.8 Å². The van der Waals surface area contributed by atoms with Crippen molar-refractivity contribution in [3.05, 3.63) is 39.9 Å². The van der Waals surface area contributed by atoms with Crippen molar-refractivity contribution in [2.45, 2.75) is 6.42 Å². The monoisotopic (exact) mass is 306 g/mol. The molecule has 7 nitrogen and oxygen atoms in total. The predicted octanol–water partition coefficient (Wildman–Crippen LogP) is 0.501. The van der Waals surface area contributed by atoms with Gasteiger partial charge < -0.3 is 10.2 Å². The SMILES string of the molecule is CN(CCc1ccc([N+](=O)[O-])cc1)CC(=O)N1CCNCC1. The second-order valence-corrected chi connectivity index (χ2v) is 5.54. The van der Waals surface area contributed by atoms with E-state index in [1.54, 1.807) is 12.1 Å². The Morgan fingerprint density at radius 1 is 1.32 bits per heavy atom. The van der Waals surface area contributed by atoms with Crippen LogP contribution in [-0.4, -0.2) is 66.9 Å². The Kier molecular flexibility index (Phi) is 5.85.